The van der Waals surface area contributed by atoms with Crippen LogP contribution in [-0.4, -0.2) is 63.8 Å². The average Bonchev–Trinajstić information content (AvgIpc) is 3.22. The summed E-state index contributed by atoms with van der Waals surface area (Å²) in [6.07, 6.45) is 1.80. The summed E-state index contributed by atoms with van der Waals surface area (Å²) in [7, 11) is 2.79. The van der Waals surface area contributed by atoms with E-state index in [1.165, 1.54) is 56.8 Å². The predicted molar refractivity (Wildman–Crippen MR) is 244 cm³/mol. The van der Waals surface area contributed by atoms with Crippen LogP contribution in [0.4, 0.5) is 0 Å². The van der Waals surface area contributed by atoms with Gasteiger partial charge in [0, 0.05) is 42.8 Å². The molecule has 0 aliphatic heterocycles. The number of carbonyl (C=O) groups excluding carboxylic acids is 3. The normalized spacial score (nSPS) is 14.1. The van der Waals surface area contributed by atoms with Gasteiger partial charge in [-0.2, -0.15) is 0 Å². The van der Waals surface area contributed by atoms with Gasteiger partial charge in [0.2, 0.25) is 5.58 Å². The van der Waals surface area contributed by atoms with Crippen LogP contribution in [0.15, 0.2) is 74.9 Å². The summed E-state index contributed by atoms with van der Waals surface area (Å²) < 4.78 is 27.7. The first kappa shape index (κ1) is 50.3. The number of aromatic nitrogens is 3. The predicted octanol–water partition coefficient (Wildman–Crippen LogP) is 8.90. The van der Waals surface area contributed by atoms with E-state index in [0.717, 1.165) is 26.8 Å². The molecule has 3 aromatic heterocycles. The molecule has 0 radical (unpaired) electrons. The Hall–Kier alpha value is -6.31. The lowest BCUT2D eigenvalue weighted by atomic mass is 9.82. The molecular formula is C50H63N3O11. The molecule has 0 unspecified atom stereocenters. The van der Waals surface area contributed by atoms with Crippen molar-refractivity contribution in [2.75, 3.05) is 14.2 Å². The molecule has 6 atom stereocenters. The molecular weight excluding hydrogens is 819 g/mol. The summed E-state index contributed by atoms with van der Waals surface area (Å²) in [6, 6.07) is 14.3. The van der Waals surface area contributed by atoms with Crippen LogP contribution in [0, 0.1) is 45.4 Å². The minimum Gasteiger partial charge on any atom is -0.503 e. The van der Waals surface area contributed by atoms with Crippen molar-refractivity contribution in [3.8, 4) is 17.2 Å². The van der Waals surface area contributed by atoms with Crippen LogP contribution in [0.5, 0.6) is 17.2 Å². The van der Waals surface area contributed by atoms with E-state index < -0.39 is 47.1 Å². The smallest absolute Gasteiger partial charge is 0.423 e. The van der Waals surface area contributed by atoms with Gasteiger partial charge < -0.3 is 28.5 Å². The van der Waals surface area contributed by atoms with Crippen molar-refractivity contribution in [3.05, 3.63) is 121 Å². The summed E-state index contributed by atoms with van der Waals surface area (Å²) in [4.78, 5) is 71.8. The van der Waals surface area contributed by atoms with Crippen LogP contribution >= 0.6 is 0 Å². The Morgan fingerprint density at radius 3 is 1.66 bits per heavy atom. The number of Topliss-reactive ketones (excluding diaryl/α,β-unsaturated/α-hetero) is 1. The lowest BCUT2D eigenvalue weighted by Crippen LogP contribution is -2.40. The fourth-order valence-corrected chi connectivity index (χ4v) is 8.31. The first-order chi connectivity index (χ1) is 30.1. The van der Waals surface area contributed by atoms with E-state index in [9.17, 15) is 29.1 Å². The molecule has 0 saturated carbocycles. The molecule has 0 aliphatic rings. The van der Waals surface area contributed by atoms with E-state index in [4.69, 9.17) is 23.4 Å². The lowest BCUT2D eigenvalue weighted by molar-refractivity contribution is -0.154. The highest BCUT2D eigenvalue weighted by molar-refractivity contribution is 5.99. The topological polar surface area (TPSA) is 186 Å². The minimum atomic E-state index is -1.19. The molecule has 1 N–H and O–H groups in total. The maximum Gasteiger partial charge on any atom is 0.423 e. The number of nitrogens with zero attached hydrogens (tertiary/aromatic N) is 3. The molecule has 0 spiro atoms. The van der Waals surface area contributed by atoms with E-state index in [-0.39, 0.29) is 70.2 Å². The number of hydrogen-bond donors (Lipinski definition) is 1. The highest BCUT2D eigenvalue weighted by Crippen LogP contribution is 2.35. The van der Waals surface area contributed by atoms with Gasteiger partial charge in [-0.3, -0.25) is 14.4 Å². The number of fused-ring (bicyclic) bond motifs is 1. The van der Waals surface area contributed by atoms with Crippen molar-refractivity contribution in [2.45, 2.75) is 120 Å². The molecule has 0 aliphatic carbocycles. The SMILES string of the molecule is COc1ccnc(C(=O)C[C@@H](C)C(=O)O[C@@H](C)[C@@H](c2ccc(C)cc2C)C(C)C)c1O.COc1ccnc2c(=O)n([C@@H](C)C(=O)O[C@@H](C)[C@@H](c3ccc(C)cc3C)C(C)C)c(=O)oc12. The van der Waals surface area contributed by atoms with Gasteiger partial charge in [-0.05, 0) is 82.6 Å². The molecule has 5 aromatic rings. The highest BCUT2D eigenvalue weighted by atomic mass is 16.6. The van der Waals surface area contributed by atoms with Gasteiger partial charge in [-0.15, -0.1) is 0 Å². The van der Waals surface area contributed by atoms with Crippen molar-refractivity contribution in [3.63, 3.8) is 0 Å². The Labute approximate surface area is 375 Å². The van der Waals surface area contributed by atoms with E-state index in [0.29, 0.717) is 0 Å². The number of methoxy groups -OCH3 is 2. The summed E-state index contributed by atoms with van der Waals surface area (Å²) in [5, 5.41) is 10.1. The Balaban J connectivity index is 0.000000281. The fraction of sp³-hybridized carbons (Fsp3) is 0.460. The van der Waals surface area contributed by atoms with Gasteiger partial charge in [-0.1, -0.05) is 82.1 Å². The van der Waals surface area contributed by atoms with E-state index >= 15 is 0 Å². The summed E-state index contributed by atoms with van der Waals surface area (Å²) in [5.41, 5.74) is 5.89. The number of hydrogen-bond acceptors (Lipinski definition) is 13. The highest BCUT2D eigenvalue weighted by Gasteiger charge is 2.32. The van der Waals surface area contributed by atoms with Gasteiger partial charge in [0.1, 0.15) is 18.2 Å². The molecule has 5 rings (SSSR count). The molecule has 344 valence electrons. The van der Waals surface area contributed by atoms with Crippen molar-refractivity contribution >= 4 is 28.8 Å². The van der Waals surface area contributed by atoms with Crippen molar-refractivity contribution in [2.24, 2.45) is 17.8 Å². The quantitative estimate of drug-likeness (QED) is 0.0732. The molecule has 2 aromatic carbocycles. The third-order valence-corrected chi connectivity index (χ3v) is 11.5. The van der Waals surface area contributed by atoms with E-state index in [1.807, 2.05) is 33.8 Å². The summed E-state index contributed by atoms with van der Waals surface area (Å²) in [6.45, 7) is 23.3. The standard InChI is InChI=1S/C25H30N2O6.C25H33NO5/c1-13(2)20(18-9-8-14(3)12-15(18)4)17(6)32-24(29)16(5)27-23(28)21-22(33-25(27)30)19(31-7)10-11-26-21;1-14(2)22(19-9-8-15(3)12-16(19)4)18(6)31-25(29)17(5)13-20(27)23-24(28)21(30-7)10-11-26-23/h8-13,16-17,20H,1-7H3;8-12,14,17-18,22,28H,13H2,1-7H3/t16-,17-,20-;17-,18+,22+/m01/s1. The van der Waals surface area contributed by atoms with Gasteiger partial charge >= 0.3 is 17.7 Å². The number of benzene rings is 2. The summed E-state index contributed by atoms with van der Waals surface area (Å²) in [5.74, 6) is -2.76. The fourth-order valence-electron chi connectivity index (χ4n) is 8.31. The van der Waals surface area contributed by atoms with E-state index in [2.05, 4.69) is 81.8 Å². The van der Waals surface area contributed by atoms with Gasteiger partial charge in [0.15, 0.2) is 34.2 Å². The first-order valence-electron chi connectivity index (χ1n) is 21.5. The number of carbonyl (C=O) groups is 3. The molecule has 0 bridgehead atoms. The van der Waals surface area contributed by atoms with Gasteiger partial charge in [-0.25, -0.2) is 24.1 Å². The van der Waals surface area contributed by atoms with Crippen LogP contribution in [0.25, 0.3) is 11.1 Å². The maximum atomic E-state index is 13.0. The second-order valence-corrected chi connectivity index (χ2v) is 17.2. The zero-order chi connectivity index (χ0) is 47.7. The molecule has 0 amide bonds. The average molecular weight is 882 g/mol. The van der Waals surface area contributed by atoms with Crippen LogP contribution in [0.1, 0.15) is 124 Å². The van der Waals surface area contributed by atoms with Gasteiger partial charge in [0.25, 0.3) is 5.56 Å². The van der Waals surface area contributed by atoms with Gasteiger partial charge in [0.05, 0.1) is 20.1 Å². The zero-order valence-corrected chi connectivity index (χ0v) is 39.5. The molecule has 64 heavy (non-hydrogen) atoms. The van der Waals surface area contributed by atoms with Crippen LogP contribution in [-0.2, 0) is 19.1 Å². The number of pyridine rings is 2. The maximum absolute atomic E-state index is 13.0. The van der Waals surface area contributed by atoms with Crippen molar-refractivity contribution in [1.82, 2.24) is 14.5 Å². The molecule has 14 heteroatoms. The molecule has 0 saturated heterocycles. The Morgan fingerprint density at radius 1 is 0.688 bits per heavy atom. The second kappa shape index (κ2) is 21.9. The first-order valence-corrected chi connectivity index (χ1v) is 21.5. The zero-order valence-electron chi connectivity index (χ0n) is 39.5. The van der Waals surface area contributed by atoms with Crippen LogP contribution < -0.4 is 20.8 Å². The Morgan fingerprint density at radius 2 is 1.17 bits per heavy atom. The number of aromatic hydroxyl groups is 1. The monoisotopic (exact) mass is 881 g/mol. The molecule has 14 nitrogen and oxygen atoms in total. The number of rotatable bonds is 16. The lowest BCUT2D eigenvalue weighted by Gasteiger charge is -2.30. The van der Waals surface area contributed by atoms with E-state index in [1.54, 1.807) is 6.92 Å². The second-order valence-electron chi connectivity index (χ2n) is 17.2. The number of ketones is 1. The van der Waals surface area contributed by atoms with Crippen molar-refractivity contribution < 1.29 is 42.9 Å². The third kappa shape index (κ3) is 11.6. The number of esters is 2. The largest absolute Gasteiger partial charge is 0.503 e. The number of aryl methyl sites for hydroxylation is 4. The summed E-state index contributed by atoms with van der Waals surface area (Å²) >= 11 is 0. The van der Waals surface area contributed by atoms with Crippen molar-refractivity contribution in [1.29, 1.82) is 0 Å². The Kier molecular flexibility index (Phi) is 17.2. The van der Waals surface area contributed by atoms with Crippen LogP contribution in [0.3, 0.4) is 0 Å². The van der Waals surface area contributed by atoms with Crippen LogP contribution in [0.2, 0.25) is 0 Å². The molecule has 0 fully saturated rings. The minimum absolute atomic E-state index is 0.0385. The molecule has 3 heterocycles. The Bertz CT molecular complexity index is 2580. The number of ether oxygens (including phenoxy) is 4. The third-order valence-electron chi connectivity index (χ3n) is 11.5.